The number of aliphatic carboxylic acids is 2. The molecule has 0 radical (unpaired) electrons. The van der Waals surface area contributed by atoms with Crippen LogP contribution in [0, 0.1) is 5.82 Å². The second kappa shape index (κ2) is 15.4. The number of aromatic nitrogens is 2. The van der Waals surface area contributed by atoms with Crippen molar-refractivity contribution in [2.45, 2.75) is 71.4 Å². The maximum absolute atomic E-state index is 13.7. The van der Waals surface area contributed by atoms with Crippen LogP contribution >= 0.6 is 0 Å². The van der Waals surface area contributed by atoms with Crippen molar-refractivity contribution in [3.63, 3.8) is 0 Å². The number of rotatable bonds is 8. The quantitative estimate of drug-likeness (QED) is 0.393. The van der Waals surface area contributed by atoms with Gasteiger partial charge in [-0.2, -0.15) is 0 Å². The standard InChI is InChI=1S/C25H32FN3O6S.C2H4O2.Ca/c1-15(2)22-20(12-11-18-13-19(14-21(30)31)35-25(3,4)34-18)23(16-7-9-17(26)10-8-16)28-24(27-22)29(5)36(6,32)33;1-2(3)4;/h7-12,15,18-19H,13-14H2,1-6H3,(H,30,31);1H3,(H,3,4);/q;;+2/p-2/b12-11+;;. The number of nitrogens with zero attached hydrogens (tertiary/aromatic N) is 3. The second-order valence-electron chi connectivity index (χ2n) is 10.0. The first kappa shape index (κ1) is 36.9. The van der Waals surface area contributed by atoms with Gasteiger partial charge in [0.1, 0.15) is 5.82 Å². The van der Waals surface area contributed by atoms with Crippen LogP contribution in [0.3, 0.4) is 0 Å². The fourth-order valence-electron chi connectivity index (χ4n) is 3.98. The van der Waals surface area contributed by atoms with Crippen LogP contribution in [0.5, 0.6) is 0 Å². The number of carbonyl (C=O) groups excluding carboxylic acids is 2. The minimum atomic E-state index is -3.63. The molecule has 0 amide bonds. The number of hydrogen-bond donors (Lipinski definition) is 0. The van der Waals surface area contributed by atoms with E-state index in [1.807, 2.05) is 13.8 Å². The molecule has 0 saturated carbocycles. The van der Waals surface area contributed by atoms with Crippen molar-refractivity contribution in [1.82, 2.24) is 9.97 Å². The smallest absolute Gasteiger partial charge is 0.550 e. The van der Waals surface area contributed by atoms with Crippen molar-refractivity contribution in [3.8, 4) is 11.3 Å². The summed E-state index contributed by atoms with van der Waals surface area (Å²) in [6.45, 7) is 8.22. The van der Waals surface area contributed by atoms with Gasteiger partial charge in [-0.3, -0.25) is 0 Å². The van der Waals surface area contributed by atoms with Gasteiger partial charge in [0.25, 0.3) is 0 Å². The van der Waals surface area contributed by atoms with Gasteiger partial charge >= 0.3 is 37.7 Å². The molecule has 2 atom stereocenters. The fraction of sp³-hybridized carbons (Fsp3) is 0.481. The Hall–Kier alpha value is -2.16. The van der Waals surface area contributed by atoms with Crippen LogP contribution in [-0.2, 0) is 29.1 Å². The van der Waals surface area contributed by atoms with Crippen molar-refractivity contribution < 1.29 is 42.1 Å². The number of anilines is 1. The number of sulfonamides is 1. The summed E-state index contributed by atoms with van der Waals surface area (Å²) >= 11 is 0. The van der Waals surface area contributed by atoms with Gasteiger partial charge in [-0.25, -0.2) is 27.1 Å². The van der Waals surface area contributed by atoms with Crippen molar-refractivity contribution >= 4 is 71.7 Å². The molecule has 2 unspecified atom stereocenters. The Balaban J connectivity index is 0.00000157. The number of ether oxygens (including phenoxy) is 2. The Morgan fingerprint density at radius 1 is 1.17 bits per heavy atom. The van der Waals surface area contributed by atoms with Gasteiger partial charge in [-0.05, 0) is 51.0 Å². The van der Waals surface area contributed by atoms with E-state index in [4.69, 9.17) is 19.4 Å². The van der Waals surface area contributed by atoms with Gasteiger partial charge in [0.2, 0.25) is 16.0 Å². The van der Waals surface area contributed by atoms with Crippen molar-refractivity contribution in [3.05, 3.63) is 47.4 Å². The summed E-state index contributed by atoms with van der Waals surface area (Å²) in [6.07, 6.45) is 3.60. The van der Waals surface area contributed by atoms with Gasteiger partial charge < -0.3 is 29.3 Å². The SMILES string of the molecule is CC(=O)[O-].CC(C)c1nc(N(C)S(C)(=O)=O)nc(-c2ccc(F)cc2)c1/C=C/C1CC(CC(=O)[O-])OC(C)(C)O1.[Ca+2]. The maximum Gasteiger partial charge on any atom is 2.00 e. The van der Waals surface area contributed by atoms with E-state index < -0.39 is 45.8 Å². The molecule has 0 N–H and O–H groups in total. The predicted molar refractivity (Wildman–Crippen MR) is 148 cm³/mol. The number of halogens is 1. The first-order chi connectivity index (χ1) is 18.4. The Morgan fingerprint density at radius 3 is 2.22 bits per heavy atom. The van der Waals surface area contributed by atoms with E-state index in [9.17, 15) is 22.7 Å². The van der Waals surface area contributed by atoms with E-state index in [2.05, 4.69) is 9.97 Å². The van der Waals surface area contributed by atoms with Gasteiger partial charge in [0.15, 0.2) is 5.79 Å². The molecule has 14 heteroatoms. The van der Waals surface area contributed by atoms with E-state index in [0.29, 0.717) is 28.9 Å². The summed E-state index contributed by atoms with van der Waals surface area (Å²) < 4.78 is 50.7. The minimum absolute atomic E-state index is 0. The molecule has 0 aliphatic carbocycles. The molecule has 1 aliphatic rings. The van der Waals surface area contributed by atoms with Crippen molar-refractivity contribution in [2.24, 2.45) is 0 Å². The van der Waals surface area contributed by atoms with Gasteiger partial charge in [-0.1, -0.05) is 26.0 Å². The van der Waals surface area contributed by atoms with E-state index in [-0.39, 0.29) is 56.0 Å². The van der Waals surface area contributed by atoms with E-state index in [0.717, 1.165) is 17.5 Å². The van der Waals surface area contributed by atoms with E-state index >= 15 is 0 Å². The van der Waals surface area contributed by atoms with Crippen molar-refractivity contribution in [2.75, 3.05) is 17.6 Å². The molecule has 1 fully saturated rings. The summed E-state index contributed by atoms with van der Waals surface area (Å²) in [5.41, 5.74) is 2.20. The zero-order chi connectivity index (χ0) is 30.4. The number of carboxylic acid groups (broad SMARTS) is 2. The number of carbonyl (C=O) groups is 2. The normalized spacial score (nSPS) is 18.3. The summed E-state index contributed by atoms with van der Waals surface area (Å²) in [6, 6.07) is 5.73. The fourth-order valence-corrected chi connectivity index (χ4v) is 4.36. The molecule has 3 rings (SSSR count). The molecule has 41 heavy (non-hydrogen) atoms. The zero-order valence-electron chi connectivity index (χ0n) is 24.2. The molecule has 1 aromatic heterocycles. The summed E-state index contributed by atoms with van der Waals surface area (Å²) in [5.74, 6) is -3.84. The average molecular weight is 620 g/mol. The molecule has 1 saturated heterocycles. The van der Waals surface area contributed by atoms with Crippen LogP contribution in [0.2, 0.25) is 0 Å². The Kier molecular flexibility index (Phi) is 13.8. The minimum Gasteiger partial charge on any atom is -0.550 e. The van der Waals surface area contributed by atoms with E-state index in [1.165, 1.54) is 19.2 Å². The first-order valence-electron chi connectivity index (χ1n) is 12.4. The Labute approximate surface area is 269 Å². The summed E-state index contributed by atoms with van der Waals surface area (Å²) in [7, 11) is -2.26. The third-order valence-electron chi connectivity index (χ3n) is 5.66. The largest absolute Gasteiger partial charge is 2.00 e. The number of hydrogen-bond acceptors (Lipinski definition) is 10. The maximum atomic E-state index is 13.7. The molecule has 11 nitrogen and oxygen atoms in total. The van der Waals surface area contributed by atoms with Crippen LogP contribution in [0.1, 0.15) is 64.6 Å². The third kappa shape index (κ3) is 11.6. The van der Waals surface area contributed by atoms with Crippen LogP contribution in [-0.4, -0.2) is 99.4 Å². The monoisotopic (exact) mass is 619 g/mol. The summed E-state index contributed by atoms with van der Waals surface area (Å²) in [4.78, 5) is 29.1. The van der Waals surface area contributed by atoms with Crippen LogP contribution < -0.4 is 14.5 Å². The zero-order valence-corrected chi connectivity index (χ0v) is 27.2. The average Bonchev–Trinajstić information content (AvgIpc) is 2.80. The number of carboxylic acids is 2. The van der Waals surface area contributed by atoms with E-state index in [1.54, 1.807) is 38.1 Å². The molecule has 220 valence electrons. The third-order valence-corrected chi connectivity index (χ3v) is 6.82. The predicted octanol–water partition coefficient (Wildman–Crippen LogP) is 1.24. The molecular weight excluding hydrogens is 585 g/mol. The molecular formula is C27H34CaFN3O8S. The molecule has 2 heterocycles. The van der Waals surface area contributed by atoms with Crippen LogP contribution in [0.15, 0.2) is 30.3 Å². The second-order valence-corrected chi connectivity index (χ2v) is 12.0. The first-order valence-corrected chi connectivity index (χ1v) is 14.3. The van der Waals surface area contributed by atoms with Gasteiger partial charge in [-0.15, -0.1) is 0 Å². The van der Waals surface area contributed by atoms with Gasteiger partial charge in [0, 0.05) is 43.0 Å². The van der Waals surface area contributed by atoms with Crippen LogP contribution in [0.4, 0.5) is 10.3 Å². The Morgan fingerprint density at radius 2 is 1.73 bits per heavy atom. The summed E-state index contributed by atoms with van der Waals surface area (Å²) in [5, 5.41) is 20.0. The molecule has 2 aromatic rings. The molecule has 0 spiro atoms. The Bertz CT molecular complexity index is 1350. The molecule has 0 bridgehead atoms. The van der Waals surface area contributed by atoms with Crippen LogP contribution in [0.25, 0.3) is 17.3 Å². The topological polar surface area (TPSA) is 162 Å². The van der Waals surface area contributed by atoms with Gasteiger partial charge in [0.05, 0.1) is 29.9 Å². The molecule has 1 aliphatic heterocycles. The number of benzene rings is 1. The van der Waals surface area contributed by atoms with Crippen molar-refractivity contribution in [1.29, 1.82) is 0 Å². The molecule has 1 aromatic carbocycles.